The van der Waals surface area contributed by atoms with Crippen LogP contribution in [-0.2, 0) is 4.74 Å². The SMILES string of the molecule is C=C1C2C(O)OCC3C2[C@@H](C(C)(C)O)CCC13C. The van der Waals surface area contributed by atoms with Crippen LogP contribution in [0, 0.1) is 29.1 Å². The van der Waals surface area contributed by atoms with E-state index in [4.69, 9.17) is 4.74 Å². The Hall–Kier alpha value is -0.380. The summed E-state index contributed by atoms with van der Waals surface area (Å²) in [5.41, 5.74) is 0.549. The lowest BCUT2D eigenvalue weighted by Crippen LogP contribution is -2.50. The Bertz CT molecular complexity index is 384. The van der Waals surface area contributed by atoms with Crippen LogP contribution in [-0.4, -0.2) is 28.7 Å². The fraction of sp³-hybridized carbons (Fsp3) is 0.867. The van der Waals surface area contributed by atoms with Crippen LogP contribution >= 0.6 is 0 Å². The smallest absolute Gasteiger partial charge is 0.161 e. The second-order valence-electron chi connectivity index (χ2n) is 7.18. The van der Waals surface area contributed by atoms with Crippen molar-refractivity contribution >= 4 is 0 Å². The highest BCUT2D eigenvalue weighted by atomic mass is 16.6. The van der Waals surface area contributed by atoms with Gasteiger partial charge in [-0.1, -0.05) is 19.1 Å². The van der Waals surface area contributed by atoms with Crippen LogP contribution in [0.25, 0.3) is 0 Å². The minimum absolute atomic E-state index is 0.00711. The summed E-state index contributed by atoms with van der Waals surface area (Å²) in [4.78, 5) is 0. The molecule has 1 saturated heterocycles. The zero-order valence-electron chi connectivity index (χ0n) is 11.5. The lowest BCUT2D eigenvalue weighted by molar-refractivity contribution is -0.204. The molecule has 0 amide bonds. The van der Waals surface area contributed by atoms with E-state index in [-0.39, 0.29) is 17.3 Å². The maximum absolute atomic E-state index is 10.4. The summed E-state index contributed by atoms with van der Waals surface area (Å²) < 4.78 is 5.51. The monoisotopic (exact) mass is 252 g/mol. The molecule has 2 aliphatic carbocycles. The van der Waals surface area contributed by atoms with E-state index in [2.05, 4.69) is 13.5 Å². The maximum atomic E-state index is 10.4. The highest BCUT2D eigenvalue weighted by Crippen LogP contribution is 2.66. The second-order valence-corrected chi connectivity index (χ2v) is 7.18. The summed E-state index contributed by atoms with van der Waals surface area (Å²) in [6.45, 7) is 10.9. The van der Waals surface area contributed by atoms with Gasteiger partial charge in [-0.05, 0) is 49.9 Å². The maximum Gasteiger partial charge on any atom is 0.161 e. The van der Waals surface area contributed by atoms with Gasteiger partial charge >= 0.3 is 0 Å². The minimum Gasteiger partial charge on any atom is -0.390 e. The first-order valence-electron chi connectivity index (χ1n) is 6.98. The van der Waals surface area contributed by atoms with E-state index in [0.29, 0.717) is 18.4 Å². The molecule has 3 nitrogen and oxygen atoms in total. The molecule has 18 heavy (non-hydrogen) atoms. The van der Waals surface area contributed by atoms with Crippen molar-refractivity contribution < 1.29 is 14.9 Å². The first-order valence-corrected chi connectivity index (χ1v) is 6.98. The number of aliphatic hydroxyl groups excluding tert-OH is 1. The Morgan fingerprint density at radius 2 is 2.11 bits per heavy atom. The van der Waals surface area contributed by atoms with Gasteiger partial charge in [-0.25, -0.2) is 0 Å². The lowest BCUT2D eigenvalue weighted by atomic mass is 9.60. The highest BCUT2D eigenvalue weighted by molar-refractivity contribution is 5.29. The number of hydrogen-bond acceptors (Lipinski definition) is 3. The Morgan fingerprint density at radius 1 is 1.44 bits per heavy atom. The largest absolute Gasteiger partial charge is 0.390 e. The third-order valence-corrected chi connectivity index (χ3v) is 5.93. The Kier molecular flexibility index (Phi) is 2.52. The summed E-state index contributed by atoms with van der Waals surface area (Å²) >= 11 is 0. The van der Waals surface area contributed by atoms with Crippen LogP contribution in [0.1, 0.15) is 33.6 Å². The molecule has 2 saturated carbocycles. The van der Waals surface area contributed by atoms with Crippen molar-refractivity contribution in [3.8, 4) is 0 Å². The quantitative estimate of drug-likeness (QED) is 0.701. The van der Waals surface area contributed by atoms with Crippen molar-refractivity contribution in [3.05, 3.63) is 12.2 Å². The fourth-order valence-corrected chi connectivity index (χ4v) is 4.84. The van der Waals surface area contributed by atoms with Crippen LogP contribution in [0.3, 0.4) is 0 Å². The normalized spacial score (nSPS) is 51.6. The average Bonchev–Trinajstić information content (AvgIpc) is 2.34. The molecule has 1 heterocycles. The number of ether oxygens (including phenoxy) is 1. The van der Waals surface area contributed by atoms with Gasteiger partial charge in [0, 0.05) is 5.92 Å². The van der Waals surface area contributed by atoms with Gasteiger partial charge < -0.3 is 14.9 Å². The molecule has 5 unspecified atom stereocenters. The molecular weight excluding hydrogens is 228 g/mol. The van der Waals surface area contributed by atoms with Crippen molar-refractivity contribution in [2.45, 2.75) is 45.5 Å². The van der Waals surface area contributed by atoms with E-state index in [9.17, 15) is 10.2 Å². The van der Waals surface area contributed by atoms with E-state index in [0.717, 1.165) is 18.4 Å². The van der Waals surface area contributed by atoms with Crippen LogP contribution in [0.15, 0.2) is 12.2 Å². The Morgan fingerprint density at radius 3 is 2.72 bits per heavy atom. The summed E-state index contributed by atoms with van der Waals surface area (Å²) in [6, 6.07) is 0. The summed E-state index contributed by atoms with van der Waals surface area (Å²) in [6.07, 6.45) is 1.33. The number of aliphatic hydroxyl groups is 2. The van der Waals surface area contributed by atoms with Gasteiger partial charge in [0.15, 0.2) is 6.29 Å². The molecular formula is C15H24O3. The molecule has 0 radical (unpaired) electrons. The van der Waals surface area contributed by atoms with E-state index in [1.165, 1.54) is 0 Å². The van der Waals surface area contributed by atoms with Gasteiger partial charge in [0.1, 0.15) is 0 Å². The van der Waals surface area contributed by atoms with E-state index < -0.39 is 11.9 Å². The molecule has 0 spiro atoms. The van der Waals surface area contributed by atoms with E-state index in [1.54, 1.807) is 0 Å². The predicted octanol–water partition coefficient (Wildman–Crippen LogP) is 1.94. The van der Waals surface area contributed by atoms with Crippen LogP contribution in [0.4, 0.5) is 0 Å². The predicted molar refractivity (Wildman–Crippen MR) is 68.7 cm³/mol. The molecule has 3 heteroatoms. The van der Waals surface area contributed by atoms with Gasteiger partial charge in [0.05, 0.1) is 12.2 Å². The van der Waals surface area contributed by atoms with E-state index >= 15 is 0 Å². The first kappa shape index (κ1) is 12.6. The average molecular weight is 252 g/mol. The summed E-state index contributed by atoms with van der Waals surface area (Å²) in [5, 5.41) is 20.6. The fourth-order valence-electron chi connectivity index (χ4n) is 4.84. The third-order valence-electron chi connectivity index (χ3n) is 5.93. The van der Waals surface area contributed by atoms with Crippen molar-refractivity contribution in [2.24, 2.45) is 29.1 Å². The molecule has 3 aliphatic rings. The van der Waals surface area contributed by atoms with Crippen molar-refractivity contribution in [2.75, 3.05) is 6.61 Å². The van der Waals surface area contributed by atoms with E-state index in [1.807, 2.05) is 13.8 Å². The lowest BCUT2D eigenvalue weighted by Gasteiger charge is -2.49. The molecule has 0 aromatic carbocycles. The zero-order chi connectivity index (χ0) is 13.3. The molecule has 3 fully saturated rings. The highest BCUT2D eigenvalue weighted by Gasteiger charge is 2.64. The molecule has 102 valence electrons. The van der Waals surface area contributed by atoms with Gasteiger partial charge in [-0.2, -0.15) is 0 Å². The number of hydrogen-bond donors (Lipinski definition) is 2. The molecule has 1 aliphatic heterocycles. The van der Waals surface area contributed by atoms with Gasteiger partial charge in [0.25, 0.3) is 0 Å². The second kappa shape index (κ2) is 3.59. The van der Waals surface area contributed by atoms with Crippen LogP contribution in [0.5, 0.6) is 0 Å². The molecule has 0 aromatic rings. The first-order chi connectivity index (χ1) is 8.27. The van der Waals surface area contributed by atoms with Crippen molar-refractivity contribution in [1.82, 2.24) is 0 Å². The number of rotatable bonds is 1. The van der Waals surface area contributed by atoms with Crippen LogP contribution < -0.4 is 0 Å². The Labute approximate surface area is 109 Å². The van der Waals surface area contributed by atoms with Crippen molar-refractivity contribution in [1.29, 1.82) is 0 Å². The summed E-state index contributed by atoms with van der Waals surface area (Å²) in [7, 11) is 0. The van der Waals surface area contributed by atoms with Crippen LogP contribution in [0.2, 0.25) is 0 Å². The van der Waals surface area contributed by atoms with Gasteiger partial charge in [-0.15, -0.1) is 0 Å². The van der Waals surface area contributed by atoms with Gasteiger partial charge in [0.2, 0.25) is 0 Å². The molecule has 6 atom stereocenters. The summed E-state index contributed by atoms with van der Waals surface area (Å²) in [5.74, 6) is 0.967. The molecule has 3 rings (SSSR count). The molecule has 2 N–H and O–H groups in total. The Balaban J connectivity index is 2.05. The molecule has 0 aromatic heterocycles. The minimum atomic E-state index is -0.733. The molecule has 4 bridgehead atoms. The van der Waals surface area contributed by atoms with Gasteiger partial charge in [-0.3, -0.25) is 0 Å². The third kappa shape index (κ3) is 1.41. The standard InChI is InChI=1S/C15H24O3/c1-8-11-12-9(14(2,3)17)5-6-15(8,4)10(12)7-18-13(11)16/h9-13,16-17H,1,5-7H2,2-4H3/t9-,10?,11?,12?,13?,15?/m0/s1. The topological polar surface area (TPSA) is 49.7 Å². The zero-order valence-corrected chi connectivity index (χ0v) is 11.5. The van der Waals surface area contributed by atoms with Crippen molar-refractivity contribution in [3.63, 3.8) is 0 Å².